The number of aliphatic imine (C=N–C) groups is 1. The van der Waals surface area contributed by atoms with Crippen molar-refractivity contribution in [2.75, 3.05) is 44.7 Å². The Balaban J connectivity index is 0.00000364. The zero-order valence-corrected chi connectivity index (χ0v) is 18.3. The number of rotatable bonds is 5. The van der Waals surface area contributed by atoms with Gasteiger partial charge in [-0.05, 0) is 36.7 Å². The van der Waals surface area contributed by atoms with Gasteiger partial charge in [0.05, 0.1) is 12.1 Å². The van der Waals surface area contributed by atoms with E-state index in [0.29, 0.717) is 18.0 Å². The van der Waals surface area contributed by atoms with Crippen LogP contribution in [0.4, 0.5) is 18.9 Å². The fourth-order valence-electron chi connectivity index (χ4n) is 2.78. The fourth-order valence-corrected chi connectivity index (χ4v) is 2.78. The van der Waals surface area contributed by atoms with Crippen molar-refractivity contribution >= 4 is 35.6 Å². The number of likely N-dealkylation sites (N-methyl/N-ethyl adjacent to an activating group) is 1. The second-order valence-electron chi connectivity index (χ2n) is 7.11. The molecule has 0 amide bonds. The van der Waals surface area contributed by atoms with Crippen LogP contribution in [0.1, 0.15) is 25.0 Å². The van der Waals surface area contributed by atoms with Gasteiger partial charge in [0.1, 0.15) is 0 Å². The molecule has 9 heteroatoms. The molecule has 27 heavy (non-hydrogen) atoms. The quantitative estimate of drug-likeness (QED) is 0.372. The van der Waals surface area contributed by atoms with E-state index in [-0.39, 0.29) is 36.5 Å². The number of anilines is 1. The van der Waals surface area contributed by atoms with Gasteiger partial charge >= 0.3 is 6.18 Å². The molecule has 1 heterocycles. The molecule has 1 saturated heterocycles. The Morgan fingerprint density at radius 3 is 2.41 bits per heavy atom. The van der Waals surface area contributed by atoms with Crippen LogP contribution < -0.4 is 16.0 Å². The summed E-state index contributed by atoms with van der Waals surface area (Å²) >= 11 is 0. The molecule has 0 unspecified atom stereocenters. The lowest BCUT2D eigenvalue weighted by atomic mass is 10.1. The van der Waals surface area contributed by atoms with E-state index in [2.05, 4.69) is 20.1 Å². The Bertz CT molecular complexity index is 626. The average Bonchev–Trinajstić information content (AvgIpc) is 2.58. The third-order valence-corrected chi connectivity index (χ3v) is 4.36. The first-order valence-corrected chi connectivity index (χ1v) is 8.84. The number of nitrogens with zero attached hydrogens (tertiary/aromatic N) is 3. The number of nitrogens with one attached hydrogen (secondary N) is 1. The second-order valence-corrected chi connectivity index (χ2v) is 7.11. The van der Waals surface area contributed by atoms with Crippen LogP contribution in [0, 0.1) is 5.92 Å². The van der Waals surface area contributed by atoms with Gasteiger partial charge in [-0.3, -0.25) is 0 Å². The van der Waals surface area contributed by atoms with Gasteiger partial charge in [-0.25, -0.2) is 4.99 Å². The standard InChI is InChI=1S/C18H28F3N5.HI/c1-13(2)11-23-17(22)24-12-14-10-15(18(19,20)21)4-5-16(14)26-8-6-25(3)7-9-26;/h4-5,10,13H,6-9,11-12H2,1-3H3,(H3,22,23,24);1H. The van der Waals surface area contributed by atoms with Gasteiger partial charge < -0.3 is 20.9 Å². The molecule has 154 valence electrons. The van der Waals surface area contributed by atoms with E-state index in [0.717, 1.165) is 37.9 Å². The molecule has 1 fully saturated rings. The SMILES string of the molecule is CC(C)CNC(N)=NCc1cc(C(F)(F)F)ccc1N1CCN(C)CC1.I. The highest BCUT2D eigenvalue weighted by Gasteiger charge is 2.31. The monoisotopic (exact) mass is 499 g/mol. The predicted molar refractivity (Wildman–Crippen MR) is 115 cm³/mol. The van der Waals surface area contributed by atoms with Crippen molar-refractivity contribution in [3.05, 3.63) is 29.3 Å². The van der Waals surface area contributed by atoms with Crippen molar-refractivity contribution in [1.82, 2.24) is 10.2 Å². The second kappa shape index (κ2) is 10.4. The Labute approximate surface area is 176 Å². The van der Waals surface area contributed by atoms with E-state index in [4.69, 9.17) is 5.73 Å². The summed E-state index contributed by atoms with van der Waals surface area (Å²) in [5.41, 5.74) is 6.52. The van der Waals surface area contributed by atoms with Gasteiger partial charge in [0.15, 0.2) is 5.96 Å². The van der Waals surface area contributed by atoms with E-state index in [1.165, 1.54) is 6.07 Å². The van der Waals surface area contributed by atoms with E-state index in [1.54, 1.807) is 6.07 Å². The van der Waals surface area contributed by atoms with Gasteiger partial charge in [0.2, 0.25) is 0 Å². The smallest absolute Gasteiger partial charge is 0.370 e. The minimum atomic E-state index is -4.37. The largest absolute Gasteiger partial charge is 0.416 e. The van der Waals surface area contributed by atoms with Crippen LogP contribution in [-0.4, -0.2) is 50.6 Å². The summed E-state index contributed by atoms with van der Waals surface area (Å²) in [5, 5.41) is 2.99. The molecule has 0 saturated carbocycles. The van der Waals surface area contributed by atoms with Crippen LogP contribution in [0.25, 0.3) is 0 Å². The lowest BCUT2D eigenvalue weighted by Crippen LogP contribution is -2.44. The molecule has 0 aliphatic carbocycles. The molecular formula is C18H29F3IN5. The van der Waals surface area contributed by atoms with Crippen molar-refractivity contribution in [2.45, 2.75) is 26.6 Å². The van der Waals surface area contributed by atoms with Crippen LogP contribution in [0.3, 0.4) is 0 Å². The van der Waals surface area contributed by atoms with Crippen LogP contribution >= 0.6 is 24.0 Å². The molecule has 1 aliphatic heterocycles. The molecule has 0 bridgehead atoms. The lowest BCUT2D eigenvalue weighted by molar-refractivity contribution is -0.137. The van der Waals surface area contributed by atoms with Crippen LogP contribution in [0.2, 0.25) is 0 Å². The zero-order valence-electron chi connectivity index (χ0n) is 16.0. The summed E-state index contributed by atoms with van der Waals surface area (Å²) in [4.78, 5) is 8.55. The molecule has 0 aromatic heterocycles. The summed E-state index contributed by atoms with van der Waals surface area (Å²) in [6.45, 7) is 8.17. The topological polar surface area (TPSA) is 56.9 Å². The number of halogens is 4. The van der Waals surface area contributed by atoms with Crippen molar-refractivity contribution in [2.24, 2.45) is 16.6 Å². The summed E-state index contributed by atoms with van der Waals surface area (Å²) < 4.78 is 39.3. The van der Waals surface area contributed by atoms with E-state index >= 15 is 0 Å². The molecule has 0 radical (unpaired) electrons. The van der Waals surface area contributed by atoms with Crippen molar-refractivity contribution in [3.63, 3.8) is 0 Å². The molecule has 1 aromatic carbocycles. The fraction of sp³-hybridized carbons (Fsp3) is 0.611. The predicted octanol–water partition coefficient (Wildman–Crippen LogP) is 3.14. The van der Waals surface area contributed by atoms with E-state index in [1.807, 2.05) is 20.9 Å². The first kappa shape index (κ1) is 23.8. The van der Waals surface area contributed by atoms with Crippen molar-refractivity contribution in [1.29, 1.82) is 0 Å². The number of hydrogen-bond donors (Lipinski definition) is 2. The first-order chi connectivity index (χ1) is 12.2. The summed E-state index contributed by atoms with van der Waals surface area (Å²) in [6, 6.07) is 3.88. The third-order valence-electron chi connectivity index (χ3n) is 4.36. The molecule has 0 spiro atoms. The average molecular weight is 499 g/mol. The van der Waals surface area contributed by atoms with Gasteiger partial charge in [-0.2, -0.15) is 13.2 Å². The normalized spacial score (nSPS) is 16.4. The zero-order chi connectivity index (χ0) is 19.3. The number of alkyl halides is 3. The van der Waals surface area contributed by atoms with Crippen LogP contribution in [0.15, 0.2) is 23.2 Å². The molecule has 3 N–H and O–H groups in total. The molecule has 1 aliphatic rings. The van der Waals surface area contributed by atoms with Crippen molar-refractivity contribution in [3.8, 4) is 0 Å². The molecule has 1 aromatic rings. The summed E-state index contributed by atoms with van der Waals surface area (Å²) in [7, 11) is 2.04. The van der Waals surface area contributed by atoms with Gasteiger partial charge in [0.25, 0.3) is 0 Å². The van der Waals surface area contributed by atoms with Gasteiger partial charge in [-0.1, -0.05) is 13.8 Å². The number of piperazine rings is 1. The lowest BCUT2D eigenvalue weighted by Gasteiger charge is -2.35. The maximum Gasteiger partial charge on any atom is 0.416 e. The number of guanidine groups is 1. The Kier molecular flexibility index (Phi) is 9.13. The van der Waals surface area contributed by atoms with Crippen molar-refractivity contribution < 1.29 is 13.2 Å². The van der Waals surface area contributed by atoms with E-state index < -0.39 is 11.7 Å². The highest BCUT2D eigenvalue weighted by atomic mass is 127. The maximum absolute atomic E-state index is 13.1. The van der Waals surface area contributed by atoms with Crippen LogP contribution in [0.5, 0.6) is 0 Å². The third kappa shape index (κ3) is 7.36. The number of nitrogens with two attached hydrogens (primary N) is 1. The Morgan fingerprint density at radius 1 is 1.22 bits per heavy atom. The van der Waals surface area contributed by atoms with Gasteiger partial charge in [-0.15, -0.1) is 24.0 Å². The highest BCUT2D eigenvalue weighted by molar-refractivity contribution is 14.0. The van der Waals surface area contributed by atoms with Crippen LogP contribution in [-0.2, 0) is 12.7 Å². The Hall–Kier alpha value is -1.23. The molecule has 0 atom stereocenters. The van der Waals surface area contributed by atoms with E-state index in [9.17, 15) is 13.2 Å². The molecular weight excluding hydrogens is 470 g/mol. The minimum absolute atomic E-state index is 0. The summed E-state index contributed by atoms with van der Waals surface area (Å²) in [5.74, 6) is 0.652. The maximum atomic E-state index is 13.1. The minimum Gasteiger partial charge on any atom is -0.370 e. The summed E-state index contributed by atoms with van der Waals surface area (Å²) in [6.07, 6.45) is -4.37. The molecule has 5 nitrogen and oxygen atoms in total. The first-order valence-electron chi connectivity index (χ1n) is 8.84. The number of hydrogen-bond acceptors (Lipinski definition) is 3. The Morgan fingerprint density at radius 2 is 1.85 bits per heavy atom. The molecule has 2 rings (SSSR count). The highest BCUT2D eigenvalue weighted by Crippen LogP contribution is 2.33. The number of benzene rings is 1. The van der Waals surface area contributed by atoms with Gasteiger partial charge in [0, 0.05) is 38.4 Å².